The molecular weight excluding hydrogens is 220 g/mol. The number of nitrogens with one attached hydrogen (secondary N) is 1. The van der Waals surface area contributed by atoms with E-state index in [2.05, 4.69) is 48.3 Å². The second kappa shape index (κ2) is 6.91. The third-order valence-electron chi connectivity index (χ3n) is 3.89. The van der Waals surface area contributed by atoms with Crippen molar-refractivity contribution >= 4 is 0 Å². The molecule has 0 aromatic heterocycles. The lowest BCUT2D eigenvalue weighted by molar-refractivity contribution is 0.138. The lowest BCUT2D eigenvalue weighted by Crippen LogP contribution is -2.44. The summed E-state index contributed by atoms with van der Waals surface area (Å²) in [6.45, 7) is 8.92. The van der Waals surface area contributed by atoms with Gasteiger partial charge in [0.05, 0.1) is 0 Å². The van der Waals surface area contributed by atoms with Gasteiger partial charge in [0.15, 0.2) is 0 Å². The Hall–Kier alpha value is -0.860. The topological polar surface area (TPSA) is 15.3 Å². The first kappa shape index (κ1) is 13.6. The van der Waals surface area contributed by atoms with Gasteiger partial charge in [0.1, 0.15) is 0 Å². The quantitative estimate of drug-likeness (QED) is 0.859. The SMILES string of the molecule is CCNCC1CCCCN1Cc1ccc(C)cc1. The number of likely N-dealkylation sites (N-methyl/N-ethyl adjacent to an activating group) is 1. The molecule has 0 saturated carbocycles. The summed E-state index contributed by atoms with van der Waals surface area (Å²) in [7, 11) is 0. The standard InChI is InChI=1S/C16H26N2/c1-3-17-12-16-6-4-5-11-18(16)13-15-9-7-14(2)8-10-15/h7-10,16-17H,3-6,11-13H2,1-2H3. The Labute approximate surface area is 111 Å². The van der Waals surface area contributed by atoms with Crippen molar-refractivity contribution in [2.45, 2.75) is 45.7 Å². The fraction of sp³-hybridized carbons (Fsp3) is 0.625. The second-order valence-corrected chi connectivity index (χ2v) is 5.41. The van der Waals surface area contributed by atoms with E-state index in [0.29, 0.717) is 0 Å². The van der Waals surface area contributed by atoms with Crippen molar-refractivity contribution in [2.24, 2.45) is 0 Å². The van der Waals surface area contributed by atoms with Gasteiger partial charge in [-0.1, -0.05) is 43.2 Å². The third-order valence-corrected chi connectivity index (χ3v) is 3.89. The lowest BCUT2D eigenvalue weighted by Gasteiger charge is -2.36. The molecule has 18 heavy (non-hydrogen) atoms. The van der Waals surface area contributed by atoms with Crippen LogP contribution in [-0.4, -0.2) is 30.6 Å². The molecule has 1 aliphatic heterocycles. The van der Waals surface area contributed by atoms with Crippen LogP contribution in [0.4, 0.5) is 0 Å². The maximum atomic E-state index is 3.50. The minimum atomic E-state index is 0.722. The van der Waals surface area contributed by atoms with Crippen molar-refractivity contribution in [2.75, 3.05) is 19.6 Å². The van der Waals surface area contributed by atoms with Crippen molar-refractivity contribution in [3.05, 3.63) is 35.4 Å². The molecule has 100 valence electrons. The summed E-state index contributed by atoms with van der Waals surface area (Å²) in [6.07, 6.45) is 4.09. The van der Waals surface area contributed by atoms with Gasteiger partial charge in [-0.3, -0.25) is 4.90 Å². The van der Waals surface area contributed by atoms with Crippen LogP contribution >= 0.6 is 0 Å². The summed E-state index contributed by atoms with van der Waals surface area (Å²) in [5.41, 5.74) is 2.80. The molecule has 2 rings (SSSR count). The predicted molar refractivity (Wildman–Crippen MR) is 77.8 cm³/mol. The molecule has 1 saturated heterocycles. The molecule has 1 fully saturated rings. The van der Waals surface area contributed by atoms with E-state index in [1.165, 1.54) is 36.9 Å². The van der Waals surface area contributed by atoms with Gasteiger partial charge in [-0.2, -0.15) is 0 Å². The molecule has 1 aromatic rings. The monoisotopic (exact) mass is 246 g/mol. The summed E-state index contributed by atoms with van der Waals surface area (Å²) < 4.78 is 0. The summed E-state index contributed by atoms with van der Waals surface area (Å²) in [6, 6.07) is 9.71. The number of piperidine rings is 1. The molecule has 0 radical (unpaired) electrons. The van der Waals surface area contributed by atoms with Crippen LogP contribution in [0.1, 0.15) is 37.3 Å². The molecule has 1 unspecified atom stereocenters. The molecular formula is C16H26N2. The number of nitrogens with zero attached hydrogens (tertiary/aromatic N) is 1. The highest BCUT2D eigenvalue weighted by Crippen LogP contribution is 2.19. The Morgan fingerprint density at radius 3 is 2.72 bits per heavy atom. The number of likely N-dealkylation sites (tertiary alicyclic amines) is 1. The van der Waals surface area contributed by atoms with Crippen molar-refractivity contribution < 1.29 is 0 Å². The number of benzene rings is 1. The maximum Gasteiger partial charge on any atom is 0.0237 e. The van der Waals surface area contributed by atoms with Gasteiger partial charge in [0, 0.05) is 19.1 Å². The van der Waals surface area contributed by atoms with Gasteiger partial charge in [-0.15, -0.1) is 0 Å². The van der Waals surface area contributed by atoms with Crippen LogP contribution < -0.4 is 5.32 Å². The third kappa shape index (κ3) is 3.82. The molecule has 1 N–H and O–H groups in total. The van der Waals surface area contributed by atoms with E-state index < -0.39 is 0 Å². The van der Waals surface area contributed by atoms with E-state index in [1.807, 2.05) is 0 Å². The van der Waals surface area contributed by atoms with Gasteiger partial charge < -0.3 is 5.32 Å². The molecule has 1 aromatic carbocycles. The zero-order chi connectivity index (χ0) is 12.8. The van der Waals surface area contributed by atoms with E-state index in [4.69, 9.17) is 0 Å². The largest absolute Gasteiger partial charge is 0.315 e. The molecule has 2 heteroatoms. The summed E-state index contributed by atoms with van der Waals surface area (Å²) >= 11 is 0. The normalized spacial score (nSPS) is 21.1. The Morgan fingerprint density at radius 1 is 1.22 bits per heavy atom. The molecule has 0 aliphatic carbocycles. The Bertz CT molecular complexity index is 345. The Balaban J connectivity index is 1.94. The van der Waals surface area contributed by atoms with E-state index in [1.54, 1.807) is 0 Å². The highest BCUT2D eigenvalue weighted by molar-refractivity contribution is 5.21. The zero-order valence-corrected chi connectivity index (χ0v) is 11.8. The summed E-state index contributed by atoms with van der Waals surface area (Å²) in [5.74, 6) is 0. The van der Waals surface area contributed by atoms with E-state index >= 15 is 0 Å². The average Bonchev–Trinajstić information content (AvgIpc) is 2.40. The predicted octanol–water partition coefficient (Wildman–Crippen LogP) is 2.96. The molecule has 1 atom stereocenters. The van der Waals surface area contributed by atoms with Gasteiger partial charge in [-0.25, -0.2) is 0 Å². The fourth-order valence-corrected chi connectivity index (χ4v) is 2.74. The average molecular weight is 246 g/mol. The van der Waals surface area contributed by atoms with Crippen LogP contribution in [0.3, 0.4) is 0 Å². The van der Waals surface area contributed by atoms with Gasteiger partial charge in [0.25, 0.3) is 0 Å². The van der Waals surface area contributed by atoms with E-state index in [-0.39, 0.29) is 0 Å². The number of aryl methyl sites for hydroxylation is 1. The molecule has 0 spiro atoms. The first-order chi connectivity index (χ1) is 8.79. The van der Waals surface area contributed by atoms with Crippen LogP contribution in [0.5, 0.6) is 0 Å². The van der Waals surface area contributed by atoms with Gasteiger partial charge in [-0.05, 0) is 38.4 Å². The molecule has 0 bridgehead atoms. The number of rotatable bonds is 5. The number of hydrogen-bond donors (Lipinski definition) is 1. The number of hydrogen-bond acceptors (Lipinski definition) is 2. The van der Waals surface area contributed by atoms with Crippen LogP contribution in [0.25, 0.3) is 0 Å². The zero-order valence-electron chi connectivity index (χ0n) is 11.8. The van der Waals surface area contributed by atoms with Crippen molar-refractivity contribution in [3.63, 3.8) is 0 Å². The lowest BCUT2D eigenvalue weighted by atomic mass is 10.0. The van der Waals surface area contributed by atoms with Crippen LogP contribution in [0, 0.1) is 6.92 Å². The van der Waals surface area contributed by atoms with Crippen LogP contribution in [0.15, 0.2) is 24.3 Å². The highest BCUT2D eigenvalue weighted by Gasteiger charge is 2.21. The summed E-state index contributed by atoms with van der Waals surface area (Å²) in [5, 5.41) is 3.50. The molecule has 2 nitrogen and oxygen atoms in total. The maximum absolute atomic E-state index is 3.50. The van der Waals surface area contributed by atoms with E-state index in [0.717, 1.165) is 25.7 Å². The second-order valence-electron chi connectivity index (χ2n) is 5.41. The fourth-order valence-electron chi connectivity index (χ4n) is 2.74. The van der Waals surface area contributed by atoms with Gasteiger partial charge in [0.2, 0.25) is 0 Å². The van der Waals surface area contributed by atoms with Crippen molar-refractivity contribution in [1.82, 2.24) is 10.2 Å². The van der Waals surface area contributed by atoms with Crippen LogP contribution in [-0.2, 0) is 6.54 Å². The van der Waals surface area contributed by atoms with Crippen LogP contribution in [0.2, 0.25) is 0 Å². The minimum Gasteiger partial charge on any atom is -0.315 e. The highest BCUT2D eigenvalue weighted by atomic mass is 15.2. The van der Waals surface area contributed by atoms with Crippen molar-refractivity contribution in [3.8, 4) is 0 Å². The Kier molecular flexibility index (Phi) is 5.21. The summed E-state index contributed by atoms with van der Waals surface area (Å²) in [4.78, 5) is 2.65. The molecule has 0 amide bonds. The molecule has 1 aliphatic rings. The van der Waals surface area contributed by atoms with Gasteiger partial charge >= 0.3 is 0 Å². The first-order valence-electron chi connectivity index (χ1n) is 7.30. The molecule has 1 heterocycles. The Morgan fingerprint density at radius 2 is 2.00 bits per heavy atom. The minimum absolute atomic E-state index is 0.722. The van der Waals surface area contributed by atoms with Crippen molar-refractivity contribution in [1.29, 1.82) is 0 Å². The van der Waals surface area contributed by atoms with E-state index in [9.17, 15) is 0 Å². The first-order valence-corrected chi connectivity index (χ1v) is 7.30. The smallest absolute Gasteiger partial charge is 0.0237 e.